The summed E-state index contributed by atoms with van der Waals surface area (Å²) in [6.45, 7) is -1.70. The van der Waals surface area contributed by atoms with Crippen LogP contribution in [0.3, 0.4) is 0 Å². The van der Waals surface area contributed by atoms with Crippen molar-refractivity contribution in [3.05, 3.63) is 57.4 Å². The molecule has 138 valence electrons. The minimum Gasteiger partial charge on any atom is -0.478 e. The van der Waals surface area contributed by atoms with Gasteiger partial charge in [-0.2, -0.15) is 0 Å². The van der Waals surface area contributed by atoms with Gasteiger partial charge in [0.15, 0.2) is 0 Å². The van der Waals surface area contributed by atoms with E-state index in [0.29, 0.717) is 6.07 Å². The molecule has 10 heteroatoms. The Hall–Kier alpha value is -2.91. The Bertz CT molecular complexity index is 878. The first-order valence-corrected chi connectivity index (χ1v) is 7.22. The van der Waals surface area contributed by atoms with Gasteiger partial charge in [0.25, 0.3) is 6.43 Å². The number of carbonyl (C=O) groups excluding carboxylic acids is 1. The van der Waals surface area contributed by atoms with E-state index in [1.54, 1.807) is 0 Å². The van der Waals surface area contributed by atoms with Crippen LogP contribution in [0.15, 0.2) is 34.7 Å². The molecule has 1 aromatic carbocycles. The SMILES string of the molecule is O=C(O)C1=C(CF)NC2=C(C(=O)OC2)C1c1cc(F)cc(F)c1C(F)F. The van der Waals surface area contributed by atoms with Crippen LogP contribution in [0.25, 0.3) is 0 Å². The Morgan fingerprint density at radius 1 is 1.35 bits per heavy atom. The third-order valence-electron chi connectivity index (χ3n) is 4.12. The summed E-state index contributed by atoms with van der Waals surface area (Å²) in [5.74, 6) is -7.43. The largest absolute Gasteiger partial charge is 0.478 e. The average molecular weight is 375 g/mol. The molecule has 0 bridgehead atoms. The number of esters is 1. The van der Waals surface area contributed by atoms with Crippen molar-refractivity contribution in [1.29, 1.82) is 0 Å². The first kappa shape index (κ1) is 17.9. The van der Waals surface area contributed by atoms with Gasteiger partial charge in [-0.3, -0.25) is 0 Å². The lowest BCUT2D eigenvalue weighted by Gasteiger charge is -2.28. The van der Waals surface area contributed by atoms with Crippen molar-refractivity contribution in [2.45, 2.75) is 12.3 Å². The molecule has 0 radical (unpaired) electrons. The number of rotatable bonds is 4. The van der Waals surface area contributed by atoms with Gasteiger partial charge in [0.2, 0.25) is 0 Å². The highest BCUT2D eigenvalue weighted by Gasteiger charge is 2.44. The number of benzene rings is 1. The zero-order chi connectivity index (χ0) is 19.2. The fourth-order valence-electron chi connectivity index (χ4n) is 3.12. The van der Waals surface area contributed by atoms with E-state index in [0.717, 1.165) is 0 Å². The number of carboxylic acids is 1. The fraction of sp³-hybridized carbons (Fsp3) is 0.250. The normalized spacial score (nSPS) is 19.6. The molecular weight excluding hydrogens is 365 g/mol. The number of ether oxygens (including phenoxy) is 1. The summed E-state index contributed by atoms with van der Waals surface area (Å²) in [5, 5.41) is 11.8. The van der Waals surface area contributed by atoms with Gasteiger partial charge in [0.05, 0.1) is 34.0 Å². The number of allylic oxidation sites excluding steroid dienone is 1. The quantitative estimate of drug-likeness (QED) is 0.625. The molecule has 5 nitrogen and oxygen atoms in total. The highest BCUT2D eigenvalue weighted by molar-refractivity contribution is 6.00. The van der Waals surface area contributed by atoms with Crippen LogP contribution in [-0.2, 0) is 14.3 Å². The highest BCUT2D eigenvalue weighted by atomic mass is 19.3. The van der Waals surface area contributed by atoms with Crippen LogP contribution in [-0.4, -0.2) is 30.3 Å². The van der Waals surface area contributed by atoms with Gasteiger partial charge >= 0.3 is 11.9 Å². The molecule has 2 heterocycles. The zero-order valence-corrected chi connectivity index (χ0v) is 12.8. The molecule has 2 aliphatic heterocycles. The van der Waals surface area contributed by atoms with Crippen LogP contribution < -0.4 is 5.32 Å². The standard InChI is InChI=1S/C16H10F5NO4/c17-3-8-12(15(23)24)11(13-9(22-8)4-26-16(13)25)6-1-5(18)2-7(19)10(6)14(20)21/h1-2,11,14,22H,3-4H2,(H,23,24). The lowest BCUT2D eigenvalue weighted by Crippen LogP contribution is -2.32. The van der Waals surface area contributed by atoms with E-state index in [1.165, 1.54) is 0 Å². The average Bonchev–Trinajstić information content (AvgIpc) is 2.92. The number of aliphatic carboxylic acids is 1. The molecule has 26 heavy (non-hydrogen) atoms. The molecule has 2 aliphatic rings. The van der Waals surface area contributed by atoms with Gasteiger partial charge < -0.3 is 15.2 Å². The molecule has 1 atom stereocenters. The molecule has 0 saturated carbocycles. The number of carbonyl (C=O) groups is 2. The zero-order valence-electron chi connectivity index (χ0n) is 12.8. The maximum absolute atomic E-state index is 14.0. The van der Waals surface area contributed by atoms with E-state index in [2.05, 4.69) is 5.32 Å². The van der Waals surface area contributed by atoms with Gasteiger partial charge in [-0.05, 0) is 11.6 Å². The molecule has 1 aromatic rings. The number of nitrogens with one attached hydrogen (secondary N) is 1. The Labute approximate surface area is 142 Å². The molecule has 3 rings (SSSR count). The summed E-state index contributed by atoms with van der Waals surface area (Å²) >= 11 is 0. The monoisotopic (exact) mass is 375 g/mol. The van der Waals surface area contributed by atoms with E-state index in [1.807, 2.05) is 0 Å². The van der Waals surface area contributed by atoms with Crippen molar-refractivity contribution in [3.8, 4) is 0 Å². The number of carboxylic acid groups (broad SMARTS) is 1. The van der Waals surface area contributed by atoms with Gasteiger partial charge in [-0.1, -0.05) is 0 Å². The maximum Gasteiger partial charge on any atom is 0.337 e. The molecule has 0 fully saturated rings. The minimum atomic E-state index is -3.43. The molecule has 0 aromatic heterocycles. The Balaban J connectivity index is 2.35. The van der Waals surface area contributed by atoms with Crippen LogP contribution in [0.5, 0.6) is 0 Å². The minimum absolute atomic E-state index is 0.0393. The summed E-state index contributed by atoms with van der Waals surface area (Å²) in [5.41, 5.74) is -3.77. The van der Waals surface area contributed by atoms with Crippen molar-refractivity contribution in [1.82, 2.24) is 5.32 Å². The molecule has 0 aliphatic carbocycles. The molecule has 0 saturated heterocycles. The first-order chi connectivity index (χ1) is 12.3. The molecule has 0 spiro atoms. The second kappa shape index (κ2) is 6.43. The highest BCUT2D eigenvalue weighted by Crippen LogP contribution is 2.44. The van der Waals surface area contributed by atoms with Crippen LogP contribution in [0.4, 0.5) is 22.0 Å². The number of dihydropyridines is 1. The molecule has 2 N–H and O–H groups in total. The third-order valence-corrected chi connectivity index (χ3v) is 4.12. The topological polar surface area (TPSA) is 75.6 Å². The van der Waals surface area contributed by atoms with E-state index in [4.69, 9.17) is 4.74 Å². The van der Waals surface area contributed by atoms with Crippen LogP contribution >= 0.6 is 0 Å². The molecule has 0 amide bonds. The van der Waals surface area contributed by atoms with Crippen LogP contribution in [0.2, 0.25) is 0 Å². The number of alkyl halides is 3. The van der Waals surface area contributed by atoms with Crippen molar-refractivity contribution in [2.75, 3.05) is 13.3 Å². The lowest BCUT2D eigenvalue weighted by atomic mass is 9.79. The van der Waals surface area contributed by atoms with Gasteiger partial charge in [-0.15, -0.1) is 0 Å². The Morgan fingerprint density at radius 3 is 2.62 bits per heavy atom. The van der Waals surface area contributed by atoms with E-state index >= 15 is 0 Å². The predicted molar refractivity (Wildman–Crippen MR) is 75.8 cm³/mol. The third kappa shape index (κ3) is 2.71. The van der Waals surface area contributed by atoms with Crippen LogP contribution in [0, 0.1) is 11.6 Å². The van der Waals surface area contributed by atoms with Crippen LogP contribution in [0.1, 0.15) is 23.5 Å². The number of hydrogen-bond donors (Lipinski definition) is 2. The van der Waals surface area contributed by atoms with E-state index < -0.39 is 70.6 Å². The van der Waals surface area contributed by atoms with Gasteiger partial charge in [0.1, 0.15) is 24.9 Å². The summed E-state index contributed by atoms with van der Waals surface area (Å²) < 4.78 is 72.5. The Kier molecular flexibility index (Phi) is 4.43. The lowest BCUT2D eigenvalue weighted by molar-refractivity contribution is -0.136. The summed E-state index contributed by atoms with van der Waals surface area (Å²) in [6.07, 6.45) is -3.43. The molecular formula is C16H10F5NO4. The molecule has 1 unspecified atom stereocenters. The second-order valence-corrected chi connectivity index (χ2v) is 5.55. The first-order valence-electron chi connectivity index (χ1n) is 7.22. The van der Waals surface area contributed by atoms with Crippen molar-refractivity contribution in [2.24, 2.45) is 0 Å². The second-order valence-electron chi connectivity index (χ2n) is 5.55. The predicted octanol–water partition coefficient (Wildman–Crippen LogP) is 2.71. The van der Waals surface area contributed by atoms with E-state index in [-0.39, 0.29) is 18.4 Å². The van der Waals surface area contributed by atoms with E-state index in [9.17, 15) is 36.6 Å². The van der Waals surface area contributed by atoms with Crippen molar-refractivity contribution >= 4 is 11.9 Å². The Morgan fingerprint density at radius 2 is 2.04 bits per heavy atom. The summed E-state index contributed by atoms with van der Waals surface area (Å²) in [4.78, 5) is 23.6. The summed E-state index contributed by atoms with van der Waals surface area (Å²) in [7, 11) is 0. The van der Waals surface area contributed by atoms with Gasteiger partial charge in [-0.25, -0.2) is 31.5 Å². The number of halogens is 5. The number of cyclic esters (lactones) is 1. The fourth-order valence-corrected chi connectivity index (χ4v) is 3.12. The summed E-state index contributed by atoms with van der Waals surface area (Å²) in [6, 6.07) is 0.726. The van der Waals surface area contributed by atoms with Crippen molar-refractivity contribution < 1.29 is 41.4 Å². The maximum atomic E-state index is 14.0. The smallest absolute Gasteiger partial charge is 0.337 e. The van der Waals surface area contributed by atoms with Crippen molar-refractivity contribution in [3.63, 3.8) is 0 Å². The number of hydrogen-bond acceptors (Lipinski definition) is 4. The van der Waals surface area contributed by atoms with Gasteiger partial charge in [0, 0.05) is 6.07 Å².